The van der Waals surface area contributed by atoms with Crippen LogP contribution in [0.3, 0.4) is 0 Å². The highest BCUT2D eigenvalue weighted by Crippen LogP contribution is 2.24. The fraction of sp³-hybridized carbons (Fsp3) is 0.0625. The lowest BCUT2D eigenvalue weighted by Gasteiger charge is -2.12. The van der Waals surface area contributed by atoms with Gasteiger partial charge in [-0.1, -0.05) is 27.9 Å². The minimum atomic E-state index is -3.98. The number of carbonyl (C=O) groups is 1. The average molecular weight is 394 g/mol. The monoisotopic (exact) mass is 393 g/mol. The summed E-state index contributed by atoms with van der Waals surface area (Å²) in [6, 6.07) is 10.6. The van der Waals surface area contributed by atoms with Gasteiger partial charge in [0, 0.05) is 10.0 Å². The van der Waals surface area contributed by atoms with Crippen LogP contribution in [0.25, 0.3) is 0 Å². The van der Waals surface area contributed by atoms with Crippen LogP contribution in [-0.2, 0) is 14.8 Å². The van der Waals surface area contributed by atoms with Crippen molar-refractivity contribution in [3.63, 3.8) is 0 Å². The Hall–Kier alpha value is -2.30. The van der Waals surface area contributed by atoms with E-state index in [0.717, 1.165) is 0 Å². The topological polar surface area (TPSA) is 72.5 Å². The predicted molar refractivity (Wildman–Crippen MR) is 90.7 cm³/mol. The summed E-state index contributed by atoms with van der Waals surface area (Å²) in [5, 5.41) is 0. The standard InChI is InChI=1S/C16H12BrNO4S/c1-3-11-5-4-6-13(9-11)18-23(20,21)15-8-7-12(17)10-14(15)16(19)22-2/h1,4-10,18H,2H3. The maximum absolute atomic E-state index is 12.6. The first-order valence-electron chi connectivity index (χ1n) is 6.35. The Kier molecular flexibility index (Phi) is 5.08. The molecule has 0 radical (unpaired) electrons. The van der Waals surface area contributed by atoms with E-state index in [1.165, 1.54) is 31.4 Å². The third-order valence-corrected chi connectivity index (χ3v) is 4.85. The van der Waals surface area contributed by atoms with E-state index in [9.17, 15) is 13.2 Å². The molecular formula is C16H12BrNO4S. The van der Waals surface area contributed by atoms with Crippen molar-refractivity contribution in [1.82, 2.24) is 0 Å². The molecule has 1 N–H and O–H groups in total. The number of rotatable bonds is 4. The summed E-state index contributed by atoms with van der Waals surface area (Å²) in [5.41, 5.74) is 0.774. The number of nitrogens with one attached hydrogen (secondary N) is 1. The molecule has 0 aromatic heterocycles. The molecule has 5 nitrogen and oxygen atoms in total. The van der Waals surface area contributed by atoms with Crippen LogP contribution in [0.15, 0.2) is 51.8 Å². The Morgan fingerprint density at radius 1 is 1.26 bits per heavy atom. The molecule has 2 aromatic rings. The van der Waals surface area contributed by atoms with E-state index >= 15 is 0 Å². The number of methoxy groups -OCH3 is 1. The molecule has 0 aliphatic rings. The molecule has 0 heterocycles. The van der Waals surface area contributed by atoms with Crippen LogP contribution < -0.4 is 4.72 Å². The van der Waals surface area contributed by atoms with Gasteiger partial charge < -0.3 is 4.74 Å². The molecular weight excluding hydrogens is 382 g/mol. The lowest BCUT2D eigenvalue weighted by Crippen LogP contribution is -2.17. The van der Waals surface area contributed by atoms with Crippen molar-refractivity contribution in [1.29, 1.82) is 0 Å². The maximum Gasteiger partial charge on any atom is 0.339 e. The molecule has 0 aliphatic carbocycles. The van der Waals surface area contributed by atoms with Gasteiger partial charge in [0.15, 0.2) is 0 Å². The first-order chi connectivity index (χ1) is 10.9. The Bertz CT molecular complexity index is 901. The van der Waals surface area contributed by atoms with E-state index in [0.29, 0.717) is 15.7 Å². The minimum Gasteiger partial charge on any atom is -0.465 e. The molecule has 0 aliphatic heterocycles. The van der Waals surface area contributed by atoms with Crippen molar-refractivity contribution in [2.45, 2.75) is 4.90 Å². The smallest absolute Gasteiger partial charge is 0.339 e. The van der Waals surface area contributed by atoms with Gasteiger partial charge in [-0.2, -0.15) is 0 Å². The van der Waals surface area contributed by atoms with E-state index in [1.807, 2.05) is 0 Å². The van der Waals surface area contributed by atoms with E-state index in [2.05, 4.69) is 31.3 Å². The third kappa shape index (κ3) is 3.92. The van der Waals surface area contributed by atoms with Gasteiger partial charge in [0.1, 0.15) is 4.90 Å². The molecule has 0 spiro atoms. The van der Waals surface area contributed by atoms with Gasteiger partial charge in [-0.25, -0.2) is 13.2 Å². The lowest BCUT2D eigenvalue weighted by molar-refractivity contribution is 0.0596. The van der Waals surface area contributed by atoms with Gasteiger partial charge in [-0.05, 0) is 36.4 Å². The van der Waals surface area contributed by atoms with E-state index in [4.69, 9.17) is 6.42 Å². The lowest BCUT2D eigenvalue weighted by atomic mass is 10.2. The molecule has 0 bridgehead atoms. The number of halogens is 1. The molecule has 2 aromatic carbocycles. The number of anilines is 1. The second-order valence-electron chi connectivity index (χ2n) is 4.46. The molecule has 0 saturated carbocycles. The summed E-state index contributed by atoms with van der Waals surface area (Å²) < 4.78 is 32.7. The Morgan fingerprint density at radius 2 is 2.00 bits per heavy atom. The highest BCUT2D eigenvalue weighted by atomic mass is 79.9. The van der Waals surface area contributed by atoms with E-state index in [1.54, 1.807) is 18.2 Å². The number of ether oxygens (including phenoxy) is 1. The van der Waals surface area contributed by atoms with E-state index in [-0.39, 0.29) is 10.5 Å². The molecule has 0 unspecified atom stereocenters. The van der Waals surface area contributed by atoms with Crippen LogP contribution in [0.5, 0.6) is 0 Å². The predicted octanol–water partition coefficient (Wildman–Crippen LogP) is 3.02. The van der Waals surface area contributed by atoms with Crippen molar-refractivity contribution < 1.29 is 17.9 Å². The largest absolute Gasteiger partial charge is 0.465 e. The van der Waals surface area contributed by atoms with Crippen molar-refractivity contribution >= 4 is 37.6 Å². The number of benzene rings is 2. The van der Waals surface area contributed by atoms with E-state index < -0.39 is 16.0 Å². The van der Waals surface area contributed by atoms with Crippen LogP contribution >= 0.6 is 15.9 Å². The van der Waals surface area contributed by atoms with Gasteiger partial charge in [0.05, 0.1) is 18.4 Å². The highest BCUT2D eigenvalue weighted by Gasteiger charge is 2.23. The normalized spacial score (nSPS) is 10.7. The number of sulfonamides is 1. The summed E-state index contributed by atoms with van der Waals surface area (Å²) in [5.74, 6) is 1.68. The molecule has 118 valence electrons. The maximum atomic E-state index is 12.6. The summed E-state index contributed by atoms with van der Waals surface area (Å²) in [6.07, 6.45) is 5.30. The van der Waals surface area contributed by atoms with Crippen molar-refractivity contribution in [2.75, 3.05) is 11.8 Å². The molecule has 23 heavy (non-hydrogen) atoms. The number of esters is 1. The van der Waals surface area contributed by atoms with Crippen molar-refractivity contribution in [3.05, 3.63) is 58.1 Å². The second kappa shape index (κ2) is 6.86. The van der Waals surface area contributed by atoms with Crippen LogP contribution in [0.4, 0.5) is 5.69 Å². The molecule has 0 atom stereocenters. The zero-order valence-corrected chi connectivity index (χ0v) is 14.4. The van der Waals surface area contributed by atoms with Gasteiger partial charge >= 0.3 is 5.97 Å². The Balaban J connectivity index is 2.48. The fourth-order valence-electron chi connectivity index (χ4n) is 1.89. The molecule has 0 amide bonds. The third-order valence-electron chi connectivity index (χ3n) is 2.92. The molecule has 7 heteroatoms. The zero-order valence-electron chi connectivity index (χ0n) is 12.0. The number of carbonyl (C=O) groups excluding carboxylic acids is 1. The summed E-state index contributed by atoms with van der Waals surface area (Å²) in [7, 11) is -2.80. The number of hydrogen-bond donors (Lipinski definition) is 1. The Labute approximate surface area is 142 Å². The quantitative estimate of drug-likeness (QED) is 0.639. The van der Waals surface area contributed by atoms with Crippen molar-refractivity contribution in [3.8, 4) is 12.3 Å². The van der Waals surface area contributed by atoms with Crippen molar-refractivity contribution in [2.24, 2.45) is 0 Å². The van der Waals surface area contributed by atoms with Crippen LogP contribution in [0.2, 0.25) is 0 Å². The number of hydrogen-bond acceptors (Lipinski definition) is 4. The second-order valence-corrected chi connectivity index (χ2v) is 7.03. The van der Waals surface area contributed by atoms with Gasteiger partial charge in [-0.15, -0.1) is 6.42 Å². The number of terminal acetylenes is 1. The minimum absolute atomic E-state index is 0.0671. The molecule has 0 fully saturated rings. The molecule has 2 rings (SSSR count). The fourth-order valence-corrected chi connectivity index (χ4v) is 3.48. The van der Waals surface area contributed by atoms with Gasteiger partial charge in [-0.3, -0.25) is 4.72 Å². The average Bonchev–Trinajstić information content (AvgIpc) is 2.53. The van der Waals surface area contributed by atoms with Crippen LogP contribution in [0, 0.1) is 12.3 Å². The summed E-state index contributed by atoms with van der Waals surface area (Å²) in [6.45, 7) is 0. The first-order valence-corrected chi connectivity index (χ1v) is 8.62. The summed E-state index contributed by atoms with van der Waals surface area (Å²) >= 11 is 3.20. The Morgan fingerprint density at radius 3 is 2.65 bits per heavy atom. The van der Waals surface area contributed by atoms with Crippen LogP contribution in [-0.4, -0.2) is 21.5 Å². The SMILES string of the molecule is C#Cc1cccc(NS(=O)(=O)c2ccc(Br)cc2C(=O)OC)c1. The van der Waals surface area contributed by atoms with Gasteiger partial charge in [0.25, 0.3) is 10.0 Å². The zero-order chi connectivity index (χ0) is 17.0. The highest BCUT2D eigenvalue weighted by molar-refractivity contribution is 9.10. The summed E-state index contributed by atoms with van der Waals surface area (Å²) in [4.78, 5) is 11.6. The van der Waals surface area contributed by atoms with Gasteiger partial charge in [0.2, 0.25) is 0 Å². The van der Waals surface area contributed by atoms with Crippen LogP contribution in [0.1, 0.15) is 15.9 Å². The first kappa shape index (κ1) is 17.1. The molecule has 0 saturated heterocycles.